The van der Waals surface area contributed by atoms with Gasteiger partial charge in [-0.1, -0.05) is 18.2 Å². The Kier molecular flexibility index (Phi) is 7.15. The minimum Gasteiger partial charge on any atom is -0.493 e. The van der Waals surface area contributed by atoms with Crippen LogP contribution in [-0.4, -0.2) is 44.8 Å². The highest BCUT2D eigenvalue weighted by Gasteiger charge is 2.20. The summed E-state index contributed by atoms with van der Waals surface area (Å²) in [6, 6.07) is 11.1. The van der Waals surface area contributed by atoms with Gasteiger partial charge in [0.15, 0.2) is 18.1 Å². The first-order valence-corrected chi connectivity index (χ1v) is 11.2. The molecule has 8 heteroatoms. The Bertz CT molecular complexity index is 1200. The average molecular weight is 465 g/mol. The molecule has 1 heterocycles. The molecule has 0 saturated carbocycles. The maximum absolute atomic E-state index is 12.7. The van der Waals surface area contributed by atoms with Gasteiger partial charge in [0.2, 0.25) is 5.75 Å². The Morgan fingerprint density at radius 3 is 2.38 bits per heavy atom. The lowest BCUT2D eigenvalue weighted by atomic mass is 9.92. The number of carbonyl (C=O) groups is 2. The summed E-state index contributed by atoms with van der Waals surface area (Å²) in [6.07, 6.45) is 3.86. The van der Waals surface area contributed by atoms with Gasteiger partial charge in [0, 0.05) is 11.1 Å². The second-order valence-corrected chi connectivity index (χ2v) is 8.06. The Morgan fingerprint density at radius 1 is 0.971 bits per heavy atom. The molecule has 1 aliphatic rings. The van der Waals surface area contributed by atoms with Gasteiger partial charge in [-0.15, -0.1) is 0 Å². The molecule has 2 aromatic carbocycles. The molecule has 0 saturated heterocycles. The fourth-order valence-corrected chi connectivity index (χ4v) is 4.29. The highest BCUT2D eigenvalue weighted by atomic mass is 16.5. The van der Waals surface area contributed by atoms with E-state index in [0.717, 1.165) is 53.5 Å². The van der Waals surface area contributed by atoms with Gasteiger partial charge in [-0.25, -0.2) is 0 Å². The van der Waals surface area contributed by atoms with Crippen LogP contribution in [0.2, 0.25) is 0 Å². The number of anilines is 1. The maximum atomic E-state index is 12.7. The van der Waals surface area contributed by atoms with E-state index in [0.29, 0.717) is 22.8 Å². The number of amides is 1. The monoisotopic (exact) mass is 464 g/mol. The van der Waals surface area contributed by atoms with Crippen LogP contribution in [0.1, 0.15) is 29.7 Å². The van der Waals surface area contributed by atoms with Gasteiger partial charge in [0.1, 0.15) is 0 Å². The van der Waals surface area contributed by atoms with Gasteiger partial charge in [-0.3, -0.25) is 14.6 Å². The second kappa shape index (κ2) is 10.4. The molecule has 0 bridgehead atoms. The van der Waals surface area contributed by atoms with Crippen molar-refractivity contribution in [1.29, 1.82) is 0 Å². The van der Waals surface area contributed by atoms with Crippen molar-refractivity contribution in [3.63, 3.8) is 0 Å². The largest absolute Gasteiger partial charge is 0.493 e. The highest BCUT2D eigenvalue weighted by Crippen LogP contribution is 2.38. The van der Waals surface area contributed by atoms with E-state index in [4.69, 9.17) is 23.9 Å². The number of esters is 1. The third kappa shape index (κ3) is 4.90. The molecule has 1 N–H and O–H groups in total. The SMILES string of the molecule is COc1cc(CC(=O)OCC(=O)Nc2c3c(nc4ccccc24)CCCC3)cc(OC)c1OC. The third-order valence-corrected chi connectivity index (χ3v) is 5.87. The molecule has 178 valence electrons. The zero-order valence-electron chi connectivity index (χ0n) is 19.6. The Hall–Kier alpha value is -3.81. The Morgan fingerprint density at radius 2 is 1.68 bits per heavy atom. The summed E-state index contributed by atoms with van der Waals surface area (Å²) < 4.78 is 21.2. The lowest BCUT2D eigenvalue weighted by Gasteiger charge is -2.21. The van der Waals surface area contributed by atoms with Crippen LogP contribution in [-0.2, 0) is 33.6 Å². The van der Waals surface area contributed by atoms with Gasteiger partial charge < -0.3 is 24.3 Å². The molecule has 0 fully saturated rings. The first-order chi connectivity index (χ1) is 16.5. The molecule has 3 aromatic rings. The third-order valence-electron chi connectivity index (χ3n) is 5.87. The van der Waals surface area contributed by atoms with Crippen LogP contribution in [0.3, 0.4) is 0 Å². The highest BCUT2D eigenvalue weighted by molar-refractivity contribution is 6.03. The number of aryl methyl sites for hydroxylation is 1. The Balaban J connectivity index is 1.44. The topological polar surface area (TPSA) is 96.0 Å². The van der Waals surface area contributed by atoms with E-state index in [1.165, 1.54) is 21.3 Å². The van der Waals surface area contributed by atoms with Crippen molar-refractivity contribution in [2.45, 2.75) is 32.1 Å². The molecule has 0 aliphatic heterocycles. The number of fused-ring (bicyclic) bond motifs is 2. The first kappa shape index (κ1) is 23.4. The lowest BCUT2D eigenvalue weighted by molar-refractivity contribution is -0.146. The molecule has 1 aliphatic carbocycles. The van der Waals surface area contributed by atoms with E-state index >= 15 is 0 Å². The molecule has 0 atom stereocenters. The predicted molar refractivity (Wildman–Crippen MR) is 128 cm³/mol. The number of methoxy groups -OCH3 is 3. The van der Waals surface area contributed by atoms with E-state index in [1.54, 1.807) is 12.1 Å². The molecular weight excluding hydrogens is 436 g/mol. The van der Waals surface area contributed by atoms with E-state index in [2.05, 4.69) is 5.32 Å². The molecule has 1 aromatic heterocycles. The number of benzene rings is 2. The van der Waals surface area contributed by atoms with Crippen LogP contribution in [0.25, 0.3) is 10.9 Å². The lowest BCUT2D eigenvalue weighted by Crippen LogP contribution is -2.23. The van der Waals surface area contributed by atoms with Crippen molar-refractivity contribution >= 4 is 28.5 Å². The molecule has 1 amide bonds. The number of aromatic nitrogens is 1. The molecule has 4 rings (SSSR count). The van der Waals surface area contributed by atoms with Crippen molar-refractivity contribution in [3.8, 4) is 17.2 Å². The Labute approximate surface area is 198 Å². The fourth-order valence-electron chi connectivity index (χ4n) is 4.29. The van der Waals surface area contributed by atoms with Crippen LogP contribution < -0.4 is 19.5 Å². The number of pyridine rings is 1. The molecule has 0 spiro atoms. The smallest absolute Gasteiger partial charge is 0.310 e. The molecule has 8 nitrogen and oxygen atoms in total. The molecule has 0 radical (unpaired) electrons. The maximum Gasteiger partial charge on any atom is 0.310 e. The fraction of sp³-hybridized carbons (Fsp3) is 0.346. The molecule has 34 heavy (non-hydrogen) atoms. The number of nitrogens with one attached hydrogen (secondary N) is 1. The minimum absolute atomic E-state index is 0.0441. The van der Waals surface area contributed by atoms with Gasteiger partial charge in [-0.05, 0) is 55.0 Å². The summed E-state index contributed by atoms with van der Waals surface area (Å²) in [5, 5.41) is 3.86. The number of carbonyl (C=O) groups excluding carboxylic acids is 2. The van der Waals surface area contributed by atoms with Crippen LogP contribution >= 0.6 is 0 Å². The van der Waals surface area contributed by atoms with E-state index in [-0.39, 0.29) is 18.9 Å². The number of ether oxygens (including phenoxy) is 4. The quantitative estimate of drug-likeness (QED) is 0.506. The van der Waals surface area contributed by atoms with Crippen LogP contribution in [0.15, 0.2) is 36.4 Å². The standard InChI is InChI=1S/C26H28N2O6/c1-31-21-12-16(13-22(32-2)26(21)33-3)14-24(30)34-15-23(29)28-25-17-8-4-6-10-19(17)27-20-11-7-5-9-18(20)25/h4,6,8,10,12-13H,5,7,9,11,14-15H2,1-3H3,(H,27,28,29). The van der Waals surface area contributed by atoms with Crippen LogP contribution in [0.5, 0.6) is 17.2 Å². The summed E-state index contributed by atoms with van der Waals surface area (Å²) in [5.41, 5.74) is 4.33. The van der Waals surface area contributed by atoms with Crippen molar-refractivity contribution in [1.82, 2.24) is 4.98 Å². The molecular formula is C26H28N2O6. The number of hydrogen-bond acceptors (Lipinski definition) is 7. The van der Waals surface area contributed by atoms with Gasteiger partial charge in [-0.2, -0.15) is 0 Å². The summed E-state index contributed by atoms with van der Waals surface area (Å²) in [5.74, 6) is 0.399. The normalized spacial score (nSPS) is 12.6. The van der Waals surface area contributed by atoms with Crippen molar-refractivity contribution in [2.24, 2.45) is 0 Å². The van der Waals surface area contributed by atoms with Gasteiger partial charge in [0.05, 0.1) is 39.0 Å². The zero-order chi connectivity index (χ0) is 24.1. The van der Waals surface area contributed by atoms with Gasteiger partial charge >= 0.3 is 5.97 Å². The van der Waals surface area contributed by atoms with Crippen molar-refractivity contribution in [2.75, 3.05) is 33.3 Å². The summed E-state index contributed by atoms with van der Waals surface area (Å²) in [6.45, 7) is -0.380. The zero-order valence-corrected chi connectivity index (χ0v) is 19.6. The number of hydrogen-bond donors (Lipinski definition) is 1. The second-order valence-electron chi connectivity index (χ2n) is 8.06. The summed E-state index contributed by atoms with van der Waals surface area (Å²) in [4.78, 5) is 29.9. The van der Waals surface area contributed by atoms with E-state index < -0.39 is 5.97 Å². The first-order valence-electron chi connectivity index (χ1n) is 11.2. The van der Waals surface area contributed by atoms with E-state index in [9.17, 15) is 9.59 Å². The van der Waals surface area contributed by atoms with Crippen LogP contribution in [0.4, 0.5) is 5.69 Å². The summed E-state index contributed by atoms with van der Waals surface area (Å²) >= 11 is 0. The summed E-state index contributed by atoms with van der Waals surface area (Å²) in [7, 11) is 4.52. The molecule has 0 unspecified atom stereocenters. The van der Waals surface area contributed by atoms with E-state index in [1.807, 2.05) is 24.3 Å². The number of para-hydroxylation sites is 1. The van der Waals surface area contributed by atoms with Crippen molar-refractivity contribution in [3.05, 3.63) is 53.2 Å². The number of rotatable bonds is 8. The van der Waals surface area contributed by atoms with Crippen LogP contribution in [0, 0.1) is 0 Å². The predicted octanol–water partition coefficient (Wildman–Crippen LogP) is 3.86. The minimum atomic E-state index is -0.536. The average Bonchev–Trinajstić information content (AvgIpc) is 2.86. The van der Waals surface area contributed by atoms with Crippen molar-refractivity contribution < 1.29 is 28.5 Å². The number of nitrogens with zero attached hydrogens (tertiary/aromatic N) is 1. The van der Waals surface area contributed by atoms with Gasteiger partial charge in [0.25, 0.3) is 5.91 Å².